The molecule has 1 saturated heterocycles. The zero-order chi connectivity index (χ0) is 27.7. The van der Waals surface area contributed by atoms with Crippen molar-refractivity contribution in [3.8, 4) is 17.2 Å². The molecule has 0 unspecified atom stereocenters. The average Bonchev–Trinajstić information content (AvgIpc) is 2.84. The van der Waals surface area contributed by atoms with Gasteiger partial charge in [-0.25, -0.2) is 0 Å². The van der Waals surface area contributed by atoms with Gasteiger partial charge in [-0.05, 0) is 31.5 Å². The number of aliphatic hydroxyl groups excluding tert-OH is 2. The number of hydrogen-bond acceptors (Lipinski definition) is 11. The summed E-state index contributed by atoms with van der Waals surface area (Å²) >= 11 is 0. The van der Waals surface area contributed by atoms with Crippen molar-refractivity contribution < 1.29 is 54.1 Å². The van der Waals surface area contributed by atoms with Crippen molar-refractivity contribution >= 4 is 11.6 Å². The van der Waals surface area contributed by atoms with Gasteiger partial charge >= 0.3 is 0 Å². The second kappa shape index (κ2) is 9.30. The van der Waals surface area contributed by atoms with Crippen molar-refractivity contribution in [1.29, 1.82) is 0 Å². The van der Waals surface area contributed by atoms with E-state index in [1.807, 2.05) is 0 Å². The topological polar surface area (TPSA) is 172 Å². The van der Waals surface area contributed by atoms with E-state index in [1.165, 1.54) is 32.4 Å². The Kier molecular flexibility index (Phi) is 6.49. The number of carbonyl (C=O) groups is 2. The third-order valence-corrected chi connectivity index (χ3v) is 7.57. The number of rotatable bonds is 4. The van der Waals surface area contributed by atoms with Crippen molar-refractivity contribution in [3.63, 3.8) is 0 Å². The predicted octanol–water partition coefficient (Wildman–Crippen LogP) is 1.12. The van der Waals surface area contributed by atoms with Gasteiger partial charge in [0.1, 0.15) is 35.6 Å². The smallest absolute Gasteiger partial charge is 0.201 e. The van der Waals surface area contributed by atoms with E-state index >= 15 is 0 Å². The largest absolute Gasteiger partial charge is 0.507 e. The maximum atomic E-state index is 13.5. The molecule has 2 aromatic carbocycles. The fourth-order valence-corrected chi connectivity index (χ4v) is 5.68. The number of aromatic hydroxyl groups is 2. The van der Waals surface area contributed by atoms with Crippen LogP contribution >= 0.6 is 0 Å². The van der Waals surface area contributed by atoms with Gasteiger partial charge < -0.3 is 44.5 Å². The zero-order valence-electron chi connectivity index (χ0n) is 21.3. The van der Waals surface area contributed by atoms with Gasteiger partial charge in [0.25, 0.3) is 0 Å². The Bertz CT molecular complexity index is 1320. The third kappa shape index (κ3) is 4.06. The minimum atomic E-state index is -1.33. The van der Waals surface area contributed by atoms with Crippen LogP contribution in [0.2, 0.25) is 0 Å². The normalized spacial score (nSPS) is 32.4. The minimum Gasteiger partial charge on any atom is -0.507 e. The number of hydrogen-bond donors (Lipinski definition) is 5. The summed E-state index contributed by atoms with van der Waals surface area (Å²) in [6, 6.07) is 4.01. The van der Waals surface area contributed by atoms with Gasteiger partial charge in [0.2, 0.25) is 5.78 Å². The Labute approximate surface area is 218 Å². The first-order valence-electron chi connectivity index (χ1n) is 12.2. The molecule has 3 aliphatic rings. The van der Waals surface area contributed by atoms with E-state index in [-0.39, 0.29) is 46.4 Å². The number of fused-ring (bicyclic) bond motifs is 3. The molecule has 1 heterocycles. The highest BCUT2D eigenvalue weighted by molar-refractivity contribution is 6.30. The van der Waals surface area contributed by atoms with E-state index in [0.717, 1.165) is 0 Å². The molecule has 2 aromatic rings. The Morgan fingerprint density at radius 3 is 2.34 bits per heavy atom. The maximum absolute atomic E-state index is 13.5. The van der Waals surface area contributed by atoms with E-state index in [2.05, 4.69) is 0 Å². The van der Waals surface area contributed by atoms with Gasteiger partial charge in [-0.1, -0.05) is 0 Å². The summed E-state index contributed by atoms with van der Waals surface area (Å²) < 4.78 is 22.3. The van der Waals surface area contributed by atoms with Gasteiger partial charge in [0.15, 0.2) is 12.1 Å². The SMILES string of the molecule is COc1cc(O)c2c(c1)C(=O)c1cc3c(c(O)c1C2=O)[C@@H](O[C@@H]1O[C@H](C)[C@H](O)[C@H](O)[C@@H]1OC)C[C@](C)(O)C3. The Hall–Kier alpha value is -3.06. The molecule has 0 spiro atoms. The highest BCUT2D eigenvalue weighted by Crippen LogP contribution is 2.48. The molecule has 38 heavy (non-hydrogen) atoms. The summed E-state index contributed by atoms with van der Waals surface area (Å²) in [6.45, 7) is 3.13. The Balaban J connectivity index is 1.62. The molecule has 0 radical (unpaired) electrons. The van der Waals surface area contributed by atoms with Crippen molar-refractivity contribution in [2.24, 2.45) is 0 Å². The van der Waals surface area contributed by atoms with E-state index in [4.69, 9.17) is 18.9 Å². The molecule has 0 bridgehead atoms. The van der Waals surface area contributed by atoms with Crippen LogP contribution in [0.25, 0.3) is 0 Å². The number of ether oxygens (including phenoxy) is 4. The first-order chi connectivity index (χ1) is 17.9. The summed E-state index contributed by atoms with van der Waals surface area (Å²) in [5, 5.41) is 53.7. The van der Waals surface area contributed by atoms with Crippen molar-refractivity contribution in [1.82, 2.24) is 0 Å². The van der Waals surface area contributed by atoms with Gasteiger partial charge in [0, 0.05) is 42.7 Å². The highest BCUT2D eigenvalue weighted by atomic mass is 16.7. The lowest BCUT2D eigenvalue weighted by Gasteiger charge is -2.44. The number of ketones is 2. The Morgan fingerprint density at radius 2 is 1.68 bits per heavy atom. The number of aliphatic hydroxyl groups is 3. The fourth-order valence-electron chi connectivity index (χ4n) is 5.68. The van der Waals surface area contributed by atoms with Crippen molar-refractivity contribution in [2.75, 3.05) is 14.2 Å². The van der Waals surface area contributed by atoms with Crippen LogP contribution in [-0.2, 0) is 20.6 Å². The lowest BCUT2D eigenvalue weighted by molar-refractivity contribution is -0.313. The van der Waals surface area contributed by atoms with Crippen LogP contribution < -0.4 is 4.74 Å². The average molecular weight is 531 g/mol. The van der Waals surface area contributed by atoms with Gasteiger partial charge in [-0.15, -0.1) is 0 Å². The summed E-state index contributed by atoms with van der Waals surface area (Å²) in [5.74, 6) is -2.12. The predicted molar refractivity (Wildman–Crippen MR) is 130 cm³/mol. The van der Waals surface area contributed by atoms with Gasteiger partial charge in [-0.3, -0.25) is 9.59 Å². The lowest BCUT2D eigenvalue weighted by Crippen LogP contribution is -2.58. The maximum Gasteiger partial charge on any atom is 0.201 e. The van der Waals surface area contributed by atoms with Crippen LogP contribution in [0.5, 0.6) is 17.2 Å². The monoisotopic (exact) mass is 530 g/mol. The second-order valence-electron chi connectivity index (χ2n) is 10.3. The molecule has 0 aromatic heterocycles. The van der Waals surface area contributed by atoms with E-state index in [1.54, 1.807) is 13.8 Å². The number of phenolic OH excluding ortho intramolecular Hbond substituents is 2. The molecule has 11 heteroatoms. The van der Waals surface area contributed by atoms with Crippen LogP contribution in [0.4, 0.5) is 0 Å². The quantitative estimate of drug-likeness (QED) is 0.327. The van der Waals surface area contributed by atoms with Crippen LogP contribution in [-0.4, -0.2) is 87.6 Å². The van der Waals surface area contributed by atoms with Gasteiger partial charge in [-0.2, -0.15) is 0 Å². The molecule has 204 valence electrons. The molecular weight excluding hydrogens is 500 g/mol. The lowest BCUT2D eigenvalue weighted by atomic mass is 9.74. The Morgan fingerprint density at radius 1 is 1.00 bits per heavy atom. The van der Waals surface area contributed by atoms with Crippen molar-refractivity contribution in [3.05, 3.63) is 51.6 Å². The fraction of sp³-hybridized carbons (Fsp3) is 0.481. The number of carbonyl (C=O) groups excluding carboxylic acids is 2. The van der Waals surface area contributed by atoms with Crippen LogP contribution in [0.1, 0.15) is 69.3 Å². The number of methoxy groups -OCH3 is 2. The summed E-state index contributed by atoms with van der Waals surface area (Å²) in [6.07, 6.45) is -6.64. The molecule has 1 aliphatic heterocycles. The number of benzene rings is 2. The number of phenols is 2. The molecule has 11 nitrogen and oxygen atoms in total. The molecule has 5 N–H and O–H groups in total. The van der Waals surface area contributed by atoms with Crippen LogP contribution in [0, 0.1) is 0 Å². The molecule has 1 fully saturated rings. The summed E-state index contributed by atoms with van der Waals surface area (Å²) in [7, 11) is 2.68. The molecule has 0 amide bonds. The van der Waals surface area contributed by atoms with Gasteiger partial charge in [0.05, 0.1) is 36.0 Å². The standard InChI is InChI=1S/C27H30O11/c1-10-20(29)24(33)25(36-4)26(37-10)38-16-9-27(2,34)8-11-5-13-19(22(31)17(11)16)23(32)18-14(21(13)30)6-12(35-3)7-15(18)28/h5-7,10,16,20,24-26,28-29,31,33-34H,8-9H2,1-4H3/t10-,16+,20+,24+,25+,26+,27-/m1/s1. The zero-order valence-corrected chi connectivity index (χ0v) is 21.3. The first kappa shape index (κ1) is 26.5. The van der Waals surface area contributed by atoms with E-state index in [0.29, 0.717) is 5.56 Å². The van der Waals surface area contributed by atoms with Crippen LogP contribution in [0.3, 0.4) is 0 Å². The van der Waals surface area contributed by atoms with Crippen molar-refractivity contribution in [2.45, 2.75) is 69.1 Å². The summed E-state index contributed by atoms with van der Waals surface area (Å²) in [5.41, 5.74) is -1.42. The third-order valence-electron chi connectivity index (χ3n) is 7.57. The minimum absolute atomic E-state index is 0.0170. The first-order valence-corrected chi connectivity index (χ1v) is 12.2. The second-order valence-corrected chi connectivity index (χ2v) is 10.3. The van der Waals surface area contributed by atoms with E-state index in [9.17, 15) is 35.1 Å². The summed E-state index contributed by atoms with van der Waals surface area (Å²) in [4.78, 5) is 27.0. The molecule has 2 aliphatic carbocycles. The van der Waals surface area contributed by atoms with Crippen LogP contribution in [0.15, 0.2) is 18.2 Å². The van der Waals surface area contributed by atoms with E-state index < -0.39 is 65.5 Å². The highest BCUT2D eigenvalue weighted by Gasteiger charge is 2.48. The molecule has 7 atom stereocenters. The molecular formula is C27H30O11. The molecule has 0 saturated carbocycles. The molecule has 5 rings (SSSR count).